The Morgan fingerprint density at radius 2 is 2.15 bits per heavy atom. The maximum absolute atomic E-state index is 13.1. The fraction of sp³-hybridized carbons (Fsp3) is 0.222. The van der Waals surface area contributed by atoms with Gasteiger partial charge in [0.05, 0.1) is 17.1 Å². The van der Waals surface area contributed by atoms with Gasteiger partial charge in [-0.05, 0) is 40.5 Å². The zero-order valence-electron chi connectivity index (χ0n) is 7.23. The van der Waals surface area contributed by atoms with Crippen LogP contribution in [0.5, 0.6) is 0 Å². The molecule has 1 rings (SSSR count). The van der Waals surface area contributed by atoms with Crippen LogP contribution in [0.15, 0.2) is 16.6 Å². The SMILES string of the molecule is COC(=O)c1cc(C)c(F)c(Br)c1. The quantitative estimate of drug-likeness (QED) is 0.713. The van der Waals surface area contributed by atoms with Crippen LogP contribution in [0.3, 0.4) is 0 Å². The van der Waals surface area contributed by atoms with E-state index in [1.807, 2.05) is 0 Å². The largest absolute Gasteiger partial charge is 0.465 e. The fourth-order valence-corrected chi connectivity index (χ4v) is 1.52. The topological polar surface area (TPSA) is 26.3 Å². The third-order valence-electron chi connectivity index (χ3n) is 1.63. The Hall–Kier alpha value is -0.900. The molecule has 2 nitrogen and oxygen atoms in total. The van der Waals surface area contributed by atoms with Crippen LogP contribution < -0.4 is 0 Å². The van der Waals surface area contributed by atoms with Gasteiger partial charge in [-0.2, -0.15) is 0 Å². The Labute approximate surface area is 83.8 Å². The first-order valence-corrected chi connectivity index (χ1v) is 4.39. The molecule has 4 heteroatoms. The number of esters is 1. The van der Waals surface area contributed by atoms with Crippen LogP contribution >= 0.6 is 15.9 Å². The highest BCUT2D eigenvalue weighted by molar-refractivity contribution is 9.10. The van der Waals surface area contributed by atoms with E-state index in [9.17, 15) is 9.18 Å². The van der Waals surface area contributed by atoms with Crippen molar-refractivity contribution in [3.63, 3.8) is 0 Å². The highest BCUT2D eigenvalue weighted by atomic mass is 79.9. The molecule has 0 unspecified atom stereocenters. The minimum absolute atomic E-state index is 0.271. The Balaban J connectivity index is 3.20. The molecule has 1 aromatic rings. The molecule has 0 atom stereocenters. The van der Waals surface area contributed by atoms with Gasteiger partial charge in [0, 0.05) is 0 Å². The smallest absolute Gasteiger partial charge is 0.337 e. The van der Waals surface area contributed by atoms with Crippen LogP contribution in [0.4, 0.5) is 4.39 Å². The Morgan fingerprint density at radius 1 is 1.54 bits per heavy atom. The van der Waals surface area contributed by atoms with Crippen molar-refractivity contribution in [1.29, 1.82) is 0 Å². The number of benzene rings is 1. The van der Waals surface area contributed by atoms with Gasteiger partial charge in [-0.3, -0.25) is 0 Å². The van der Waals surface area contributed by atoms with Crippen LogP contribution in [-0.2, 0) is 4.74 Å². The molecule has 0 amide bonds. The van der Waals surface area contributed by atoms with Crippen molar-refractivity contribution in [3.8, 4) is 0 Å². The first-order valence-electron chi connectivity index (χ1n) is 3.60. The number of aryl methyl sites for hydroxylation is 1. The monoisotopic (exact) mass is 246 g/mol. The molecule has 0 spiro atoms. The summed E-state index contributed by atoms with van der Waals surface area (Å²) in [6, 6.07) is 2.85. The van der Waals surface area contributed by atoms with Gasteiger partial charge in [0.2, 0.25) is 0 Å². The van der Waals surface area contributed by atoms with E-state index in [0.717, 1.165) is 0 Å². The molecule has 1 aromatic carbocycles. The first kappa shape index (κ1) is 10.2. The van der Waals surface area contributed by atoms with Gasteiger partial charge in [0.15, 0.2) is 0 Å². The molecule has 0 heterocycles. The van der Waals surface area contributed by atoms with Gasteiger partial charge >= 0.3 is 5.97 Å². The number of ether oxygens (including phenoxy) is 1. The summed E-state index contributed by atoms with van der Waals surface area (Å²) in [5.74, 6) is -0.823. The number of hydrogen-bond acceptors (Lipinski definition) is 2. The number of halogens is 2. The van der Waals surface area contributed by atoms with E-state index < -0.39 is 5.97 Å². The van der Waals surface area contributed by atoms with Crippen LogP contribution in [0.25, 0.3) is 0 Å². The summed E-state index contributed by atoms with van der Waals surface area (Å²) < 4.78 is 17.9. The van der Waals surface area contributed by atoms with Gasteiger partial charge in [-0.15, -0.1) is 0 Å². The van der Waals surface area contributed by atoms with E-state index in [2.05, 4.69) is 20.7 Å². The molecule has 0 aromatic heterocycles. The summed E-state index contributed by atoms with van der Waals surface area (Å²) in [6.45, 7) is 1.59. The minimum Gasteiger partial charge on any atom is -0.465 e. The first-order chi connectivity index (χ1) is 6.06. The number of carbonyl (C=O) groups is 1. The zero-order valence-corrected chi connectivity index (χ0v) is 8.81. The highest BCUT2D eigenvalue weighted by Gasteiger charge is 2.10. The summed E-state index contributed by atoms with van der Waals surface area (Å²) in [6.07, 6.45) is 0. The second-order valence-corrected chi connectivity index (χ2v) is 3.43. The molecular formula is C9H8BrFO2. The van der Waals surface area contributed by atoms with Crippen LogP contribution in [0, 0.1) is 12.7 Å². The van der Waals surface area contributed by atoms with E-state index >= 15 is 0 Å². The standard InChI is InChI=1S/C9H8BrFO2/c1-5-3-6(9(12)13-2)4-7(10)8(5)11/h3-4H,1-2H3. The van der Waals surface area contributed by atoms with Crippen molar-refractivity contribution >= 4 is 21.9 Å². The molecule has 0 bridgehead atoms. The summed E-state index contributed by atoms with van der Waals surface area (Å²) in [5.41, 5.74) is 0.753. The Bertz CT molecular complexity index is 326. The average Bonchev–Trinajstić information content (AvgIpc) is 2.12. The molecule has 0 aliphatic rings. The molecule has 70 valence electrons. The van der Waals surface area contributed by atoms with Gasteiger partial charge in [0.25, 0.3) is 0 Å². The zero-order chi connectivity index (χ0) is 10.0. The second kappa shape index (κ2) is 3.87. The normalized spacial score (nSPS) is 9.85. The second-order valence-electron chi connectivity index (χ2n) is 2.58. The van der Waals surface area contributed by atoms with Crippen molar-refractivity contribution in [2.45, 2.75) is 6.92 Å². The van der Waals surface area contributed by atoms with E-state index in [1.165, 1.54) is 19.2 Å². The average molecular weight is 247 g/mol. The van der Waals surface area contributed by atoms with Crippen LogP contribution in [-0.4, -0.2) is 13.1 Å². The molecule has 13 heavy (non-hydrogen) atoms. The maximum Gasteiger partial charge on any atom is 0.337 e. The number of hydrogen-bond donors (Lipinski definition) is 0. The summed E-state index contributed by atoms with van der Waals surface area (Å²) in [7, 11) is 1.29. The molecule has 0 fully saturated rings. The van der Waals surface area contributed by atoms with Crippen molar-refractivity contribution < 1.29 is 13.9 Å². The third-order valence-corrected chi connectivity index (χ3v) is 2.21. The molecule has 0 saturated heterocycles. The Kier molecular flexibility index (Phi) is 3.03. The van der Waals surface area contributed by atoms with Crippen LogP contribution in [0.2, 0.25) is 0 Å². The predicted octanol–water partition coefficient (Wildman–Crippen LogP) is 2.68. The van der Waals surface area contributed by atoms with Gasteiger partial charge in [-0.25, -0.2) is 9.18 Å². The Morgan fingerprint density at radius 3 is 2.62 bits per heavy atom. The molecular weight excluding hydrogens is 239 g/mol. The van der Waals surface area contributed by atoms with Crippen molar-refractivity contribution in [2.75, 3.05) is 7.11 Å². The van der Waals surface area contributed by atoms with Crippen molar-refractivity contribution in [1.82, 2.24) is 0 Å². The number of rotatable bonds is 1. The lowest BCUT2D eigenvalue weighted by Gasteiger charge is -2.03. The van der Waals surface area contributed by atoms with E-state index in [1.54, 1.807) is 6.92 Å². The van der Waals surface area contributed by atoms with E-state index in [0.29, 0.717) is 11.1 Å². The highest BCUT2D eigenvalue weighted by Crippen LogP contribution is 2.21. The minimum atomic E-state index is -0.469. The van der Waals surface area contributed by atoms with Gasteiger partial charge in [-0.1, -0.05) is 0 Å². The predicted molar refractivity (Wildman–Crippen MR) is 50.2 cm³/mol. The molecule has 0 radical (unpaired) electrons. The summed E-state index contributed by atoms with van der Waals surface area (Å²) >= 11 is 3.01. The third kappa shape index (κ3) is 2.06. The maximum atomic E-state index is 13.1. The lowest BCUT2D eigenvalue weighted by molar-refractivity contribution is 0.0600. The molecule has 0 N–H and O–H groups in total. The number of methoxy groups -OCH3 is 1. The lowest BCUT2D eigenvalue weighted by atomic mass is 10.1. The van der Waals surface area contributed by atoms with E-state index in [-0.39, 0.29) is 10.3 Å². The lowest BCUT2D eigenvalue weighted by Crippen LogP contribution is -2.02. The fourth-order valence-electron chi connectivity index (χ4n) is 0.962. The van der Waals surface area contributed by atoms with Gasteiger partial charge < -0.3 is 4.74 Å². The molecule has 0 aliphatic heterocycles. The molecule has 0 aliphatic carbocycles. The number of carbonyl (C=O) groups excluding carboxylic acids is 1. The molecule has 0 saturated carbocycles. The summed E-state index contributed by atoms with van der Waals surface area (Å²) in [5, 5.41) is 0. The summed E-state index contributed by atoms with van der Waals surface area (Å²) in [4.78, 5) is 11.1. The van der Waals surface area contributed by atoms with Crippen molar-refractivity contribution in [2.24, 2.45) is 0 Å². The van der Waals surface area contributed by atoms with Gasteiger partial charge in [0.1, 0.15) is 5.82 Å². The van der Waals surface area contributed by atoms with Crippen LogP contribution in [0.1, 0.15) is 15.9 Å². The van der Waals surface area contributed by atoms with E-state index in [4.69, 9.17) is 0 Å². The van der Waals surface area contributed by atoms with Crippen molar-refractivity contribution in [3.05, 3.63) is 33.5 Å².